The summed E-state index contributed by atoms with van der Waals surface area (Å²) in [6.07, 6.45) is -1.10. The fraction of sp³-hybridized carbons (Fsp3) is 0.400. The third kappa shape index (κ3) is 4.27. The summed E-state index contributed by atoms with van der Waals surface area (Å²) < 4.78 is 42.5. The number of hydrogen-bond donors (Lipinski definition) is 1. The van der Waals surface area contributed by atoms with Gasteiger partial charge in [0, 0.05) is 45.5 Å². The number of amides is 1. The van der Waals surface area contributed by atoms with Crippen molar-refractivity contribution in [2.24, 2.45) is 7.05 Å². The standard InChI is InChI=1S/C25H25F3N6O2/c1-14(16-6-5-7-17(20(16)26)21(27)28)32-22-18-12-19(24(36)33(4)23(18)31-13-30-22)25(29-3)8-10-34(11-9-25)15(2)35/h5-7,12-14,21H,8-11H2,1-2,4H3,(H,30,31,32)/t14-/m1/s1. The van der Waals surface area contributed by atoms with E-state index in [0.29, 0.717) is 37.0 Å². The van der Waals surface area contributed by atoms with E-state index in [2.05, 4.69) is 20.1 Å². The van der Waals surface area contributed by atoms with E-state index < -0.39 is 29.4 Å². The summed E-state index contributed by atoms with van der Waals surface area (Å²) in [6, 6.07) is 4.67. The van der Waals surface area contributed by atoms with Crippen LogP contribution in [0.1, 0.15) is 55.8 Å². The zero-order valence-electron chi connectivity index (χ0n) is 20.1. The maximum atomic E-state index is 14.7. The number of benzene rings is 1. The van der Waals surface area contributed by atoms with Gasteiger partial charge in [-0.15, -0.1) is 0 Å². The number of aromatic nitrogens is 3. The molecule has 1 aromatic carbocycles. The Hall–Kier alpha value is -3.94. The molecule has 4 rings (SSSR count). The molecule has 1 N–H and O–H groups in total. The van der Waals surface area contributed by atoms with Crippen LogP contribution < -0.4 is 10.9 Å². The predicted molar refractivity (Wildman–Crippen MR) is 128 cm³/mol. The second-order valence-corrected chi connectivity index (χ2v) is 8.95. The molecule has 0 bridgehead atoms. The first-order valence-corrected chi connectivity index (χ1v) is 11.4. The van der Waals surface area contributed by atoms with Crippen LogP contribution in [0.4, 0.5) is 19.0 Å². The summed E-state index contributed by atoms with van der Waals surface area (Å²) in [7, 11) is 1.54. The number of nitrogens with zero attached hydrogens (tertiary/aromatic N) is 5. The van der Waals surface area contributed by atoms with E-state index in [1.54, 1.807) is 24.9 Å². The SMILES string of the molecule is [C-]#[N+]C1(c2cc3c(N[C@H](C)c4cccc(C(F)F)c4F)ncnc3n(C)c2=O)CCN(C(C)=O)CC1. The lowest BCUT2D eigenvalue weighted by Crippen LogP contribution is -2.45. The summed E-state index contributed by atoms with van der Waals surface area (Å²) in [5.74, 6) is -0.812. The average molecular weight is 499 g/mol. The lowest BCUT2D eigenvalue weighted by Gasteiger charge is -2.33. The number of carbonyl (C=O) groups is 1. The summed E-state index contributed by atoms with van der Waals surface area (Å²) in [6.45, 7) is 11.7. The van der Waals surface area contributed by atoms with Gasteiger partial charge >= 0.3 is 0 Å². The minimum Gasteiger partial charge on any atom is -0.363 e. The van der Waals surface area contributed by atoms with Gasteiger partial charge in [0.1, 0.15) is 29.2 Å². The van der Waals surface area contributed by atoms with Gasteiger partial charge in [-0.1, -0.05) is 18.2 Å². The van der Waals surface area contributed by atoms with Crippen LogP contribution in [-0.2, 0) is 17.4 Å². The zero-order valence-corrected chi connectivity index (χ0v) is 20.1. The zero-order chi connectivity index (χ0) is 26.2. The Morgan fingerprint density at radius 3 is 2.50 bits per heavy atom. The van der Waals surface area contributed by atoms with E-state index in [1.165, 1.54) is 30.0 Å². The van der Waals surface area contributed by atoms with Crippen molar-refractivity contribution in [1.29, 1.82) is 0 Å². The molecule has 0 spiro atoms. The van der Waals surface area contributed by atoms with Crippen LogP contribution in [-0.4, -0.2) is 38.4 Å². The van der Waals surface area contributed by atoms with Crippen molar-refractivity contribution in [2.75, 3.05) is 18.4 Å². The lowest BCUT2D eigenvalue weighted by molar-refractivity contribution is -0.130. The fourth-order valence-corrected chi connectivity index (χ4v) is 4.70. The Balaban J connectivity index is 1.78. The van der Waals surface area contributed by atoms with Gasteiger partial charge in [-0.3, -0.25) is 14.2 Å². The van der Waals surface area contributed by atoms with Crippen molar-refractivity contribution in [3.8, 4) is 0 Å². The van der Waals surface area contributed by atoms with E-state index in [1.807, 2.05) is 0 Å². The maximum absolute atomic E-state index is 14.7. The van der Waals surface area contributed by atoms with Crippen LogP contribution in [0.15, 0.2) is 35.4 Å². The van der Waals surface area contributed by atoms with E-state index in [-0.39, 0.29) is 28.4 Å². The highest BCUT2D eigenvalue weighted by Gasteiger charge is 2.45. The van der Waals surface area contributed by atoms with E-state index in [4.69, 9.17) is 6.57 Å². The molecule has 1 aliphatic heterocycles. The molecule has 3 heterocycles. The maximum Gasteiger partial charge on any atom is 0.266 e. The Labute approximate surface area is 205 Å². The molecular weight excluding hydrogens is 473 g/mol. The van der Waals surface area contributed by atoms with Crippen molar-refractivity contribution in [1.82, 2.24) is 19.4 Å². The van der Waals surface area contributed by atoms with Crippen molar-refractivity contribution in [3.05, 3.63) is 74.9 Å². The molecule has 8 nitrogen and oxygen atoms in total. The highest BCUT2D eigenvalue weighted by atomic mass is 19.3. The van der Waals surface area contributed by atoms with E-state index in [0.717, 1.165) is 6.07 Å². The molecule has 0 aliphatic carbocycles. The molecule has 0 unspecified atom stereocenters. The summed E-state index contributed by atoms with van der Waals surface area (Å²) in [5.41, 5.74) is -1.56. The fourth-order valence-electron chi connectivity index (χ4n) is 4.70. The molecule has 1 saturated heterocycles. The van der Waals surface area contributed by atoms with Crippen LogP contribution in [0.25, 0.3) is 15.9 Å². The number of halogens is 3. The molecule has 3 aromatic rings. The number of piperidine rings is 1. The van der Waals surface area contributed by atoms with Gasteiger partial charge in [0.2, 0.25) is 5.91 Å². The topological polar surface area (TPSA) is 84.5 Å². The van der Waals surface area contributed by atoms with Gasteiger partial charge in [0.05, 0.1) is 17.0 Å². The average Bonchev–Trinajstić information content (AvgIpc) is 2.86. The third-order valence-electron chi connectivity index (χ3n) is 6.87. The largest absolute Gasteiger partial charge is 0.363 e. The molecule has 0 saturated carbocycles. The summed E-state index contributed by atoms with van der Waals surface area (Å²) >= 11 is 0. The third-order valence-corrected chi connectivity index (χ3v) is 6.87. The molecule has 36 heavy (non-hydrogen) atoms. The molecular formula is C25H25F3N6O2. The second kappa shape index (κ2) is 9.60. The Morgan fingerprint density at radius 2 is 1.89 bits per heavy atom. The van der Waals surface area contributed by atoms with Gasteiger partial charge in [-0.05, 0) is 13.0 Å². The Bertz CT molecular complexity index is 1420. The molecule has 1 atom stereocenters. The molecule has 0 radical (unpaired) electrons. The van der Waals surface area contributed by atoms with Crippen molar-refractivity contribution in [2.45, 2.75) is 44.7 Å². The molecule has 1 fully saturated rings. The van der Waals surface area contributed by atoms with Gasteiger partial charge in [-0.25, -0.2) is 29.7 Å². The number of carbonyl (C=O) groups excluding carboxylic acids is 1. The van der Waals surface area contributed by atoms with E-state index >= 15 is 0 Å². The number of fused-ring (bicyclic) bond motifs is 1. The van der Waals surface area contributed by atoms with Gasteiger partial charge in [0.25, 0.3) is 17.5 Å². The van der Waals surface area contributed by atoms with Gasteiger partial charge < -0.3 is 15.1 Å². The van der Waals surface area contributed by atoms with Crippen LogP contribution in [0.3, 0.4) is 0 Å². The number of aryl methyl sites for hydroxylation is 1. The van der Waals surface area contributed by atoms with Crippen molar-refractivity contribution in [3.63, 3.8) is 0 Å². The number of anilines is 1. The molecule has 11 heteroatoms. The highest BCUT2D eigenvalue weighted by Crippen LogP contribution is 2.37. The van der Waals surface area contributed by atoms with Crippen LogP contribution in [0, 0.1) is 12.4 Å². The molecule has 188 valence electrons. The summed E-state index contributed by atoms with van der Waals surface area (Å²) in [4.78, 5) is 39.0. The molecule has 1 aliphatic rings. The first kappa shape index (κ1) is 25.2. The summed E-state index contributed by atoms with van der Waals surface area (Å²) in [5, 5.41) is 3.49. The Morgan fingerprint density at radius 1 is 1.22 bits per heavy atom. The molecule has 2 aromatic heterocycles. The number of hydrogen-bond acceptors (Lipinski definition) is 5. The predicted octanol–water partition coefficient (Wildman–Crippen LogP) is 4.34. The van der Waals surface area contributed by atoms with E-state index in [9.17, 15) is 22.8 Å². The highest BCUT2D eigenvalue weighted by molar-refractivity contribution is 5.87. The van der Waals surface area contributed by atoms with Gasteiger partial charge in [-0.2, -0.15) is 0 Å². The van der Waals surface area contributed by atoms with Crippen LogP contribution >= 0.6 is 0 Å². The van der Waals surface area contributed by atoms with Crippen molar-refractivity contribution >= 4 is 22.8 Å². The van der Waals surface area contributed by atoms with Crippen LogP contribution in [0.5, 0.6) is 0 Å². The number of likely N-dealkylation sites (tertiary alicyclic amines) is 1. The lowest BCUT2D eigenvalue weighted by atomic mass is 9.81. The van der Waals surface area contributed by atoms with Gasteiger partial charge in [0.15, 0.2) is 0 Å². The minimum absolute atomic E-state index is 0.0406. The first-order valence-electron chi connectivity index (χ1n) is 11.4. The normalized spacial score (nSPS) is 16.1. The number of nitrogens with one attached hydrogen (secondary N) is 1. The number of rotatable bonds is 5. The first-order chi connectivity index (χ1) is 17.1. The van der Waals surface area contributed by atoms with Crippen LogP contribution in [0.2, 0.25) is 0 Å². The number of alkyl halides is 2. The molecule has 1 amide bonds. The monoisotopic (exact) mass is 498 g/mol. The van der Waals surface area contributed by atoms with Crippen molar-refractivity contribution < 1.29 is 18.0 Å². The number of pyridine rings is 1. The second-order valence-electron chi connectivity index (χ2n) is 8.95. The minimum atomic E-state index is -2.95. The quantitative estimate of drug-likeness (QED) is 0.530. The smallest absolute Gasteiger partial charge is 0.266 e. The Kier molecular flexibility index (Phi) is 6.71.